The van der Waals surface area contributed by atoms with Crippen LogP contribution in [0.3, 0.4) is 0 Å². The van der Waals surface area contributed by atoms with Crippen molar-refractivity contribution in [2.24, 2.45) is 0 Å². The van der Waals surface area contributed by atoms with Crippen LogP contribution in [0.1, 0.15) is 35.2 Å². The Kier molecular flexibility index (Phi) is 4.68. The lowest BCUT2D eigenvalue weighted by Crippen LogP contribution is -2.45. The van der Waals surface area contributed by atoms with E-state index in [0.29, 0.717) is 16.6 Å². The molecule has 0 radical (unpaired) electrons. The summed E-state index contributed by atoms with van der Waals surface area (Å²) >= 11 is 9.51. The molecular formula is C14H17BrClNO. The molecule has 0 atom stereocenters. The monoisotopic (exact) mass is 329 g/mol. The van der Waals surface area contributed by atoms with E-state index in [1.807, 2.05) is 24.0 Å². The van der Waals surface area contributed by atoms with Crippen LogP contribution in [0.25, 0.3) is 0 Å². The zero-order chi connectivity index (χ0) is 13.1. The lowest BCUT2D eigenvalue weighted by atomic mass is 9.91. The summed E-state index contributed by atoms with van der Waals surface area (Å²) in [6.07, 6.45) is 3.47. The highest BCUT2D eigenvalue weighted by Gasteiger charge is 2.28. The molecule has 0 N–H and O–H groups in total. The molecule has 0 unspecified atom stereocenters. The lowest BCUT2D eigenvalue weighted by molar-refractivity contribution is 0.0599. The molecule has 18 heavy (non-hydrogen) atoms. The lowest BCUT2D eigenvalue weighted by Gasteiger charge is -2.37. The van der Waals surface area contributed by atoms with E-state index < -0.39 is 0 Å². The van der Waals surface area contributed by atoms with Crippen LogP contribution < -0.4 is 0 Å². The fraction of sp³-hybridized carbons (Fsp3) is 0.500. The molecular weight excluding hydrogens is 314 g/mol. The van der Waals surface area contributed by atoms with Gasteiger partial charge in [-0.1, -0.05) is 33.6 Å². The minimum atomic E-state index is 0.0982. The van der Waals surface area contributed by atoms with Gasteiger partial charge in [0.05, 0.1) is 0 Å². The Morgan fingerprint density at radius 3 is 2.72 bits per heavy atom. The number of alkyl halides is 1. The number of aryl methyl sites for hydroxylation is 1. The summed E-state index contributed by atoms with van der Waals surface area (Å²) < 4.78 is 0. The molecule has 0 aliphatic heterocycles. The summed E-state index contributed by atoms with van der Waals surface area (Å²) in [6, 6.07) is 5.96. The molecule has 0 saturated heterocycles. The van der Waals surface area contributed by atoms with Crippen LogP contribution in [0.5, 0.6) is 0 Å². The fourth-order valence-corrected chi connectivity index (χ4v) is 2.69. The highest BCUT2D eigenvalue weighted by atomic mass is 79.9. The Bertz CT molecular complexity index is 445. The van der Waals surface area contributed by atoms with Gasteiger partial charge in [0, 0.05) is 28.5 Å². The maximum Gasteiger partial charge on any atom is 0.254 e. The number of amides is 1. The van der Waals surface area contributed by atoms with Crippen LogP contribution in [-0.2, 0) is 0 Å². The first-order chi connectivity index (χ1) is 8.63. The third-order valence-corrected chi connectivity index (χ3v) is 4.28. The second kappa shape index (κ2) is 6.07. The first-order valence-electron chi connectivity index (χ1n) is 6.26. The van der Waals surface area contributed by atoms with Gasteiger partial charge in [0.1, 0.15) is 0 Å². The van der Waals surface area contributed by atoms with Gasteiger partial charge in [-0.3, -0.25) is 4.79 Å². The number of carbonyl (C=O) groups is 1. The largest absolute Gasteiger partial charge is 0.335 e. The van der Waals surface area contributed by atoms with Gasteiger partial charge in [-0.05, 0) is 43.9 Å². The average molecular weight is 331 g/mol. The fourth-order valence-electron chi connectivity index (χ4n) is 2.13. The smallest absolute Gasteiger partial charge is 0.254 e. The van der Waals surface area contributed by atoms with Gasteiger partial charge in [0.15, 0.2) is 0 Å². The predicted molar refractivity (Wildman–Crippen MR) is 78.7 cm³/mol. The molecule has 0 bridgehead atoms. The van der Waals surface area contributed by atoms with E-state index in [2.05, 4.69) is 15.9 Å². The standard InChI is InChI=1S/C14H17BrClNO/c1-10-5-6-11(9-13(10)16)14(18)17(8-7-15)12-3-2-4-12/h5-6,9,12H,2-4,7-8H2,1H3. The van der Waals surface area contributed by atoms with E-state index in [9.17, 15) is 4.79 Å². The summed E-state index contributed by atoms with van der Waals surface area (Å²) in [5.41, 5.74) is 1.70. The molecule has 0 heterocycles. The van der Waals surface area contributed by atoms with Crippen LogP contribution in [0.2, 0.25) is 5.02 Å². The van der Waals surface area contributed by atoms with E-state index in [0.717, 1.165) is 30.3 Å². The number of hydrogen-bond donors (Lipinski definition) is 0. The molecule has 1 aliphatic carbocycles. The Labute approximate surface area is 121 Å². The topological polar surface area (TPSA) is 20.3 Å². The van der Waals surface area contributed by atoms with Crippen LogP contribution in [0, 0.1) is 6.92 Å². The molecule has 1 aromatic rings. The average Bonchev–Trinajstić information content (AvgIpc) is 2.29. The summed E-state index contributed by atoms with van der Waals surface area (Å²) in [4.78, 5) is 14.5. The molecule has 1 aromatic carbocycles. The maximum atomic E-state index is 12.5. The normalized spacial score (nSPS) is 15.3. The minimum absolute atomic E-state index is 0.0982. The van der Waals surface area contributed by atoms with Crippen LogP contribution in [-0.4, -0.2) is 28.7 Å². The number of hydrogen-bond acceptors (Lipinski definition) is 1. The molecule has 4 heteroatoms. The van der Waals surface area contributed by atoms with Crippen LogP contribution in [0.15, 0.2) is 18.2 Å². The molecule has 2 rings (SSSR count). The summed E-state index contributed by atoms with van der Waals surface area (Å²) in [5.74, 6) is 0.0982. The van der Waals surface area contributed by atoms with Crippen LogP contribution >= 0.6 is 27.5 Å². The number of carbonyl (C=O) groups excluding carboxylic acids is 1. The predicted octanol–water partition coefficient (Wildman–Crippen LogP) is 4.04. The van der Waals surface area contributed by atoms with E-state index in [-0.39, 0.29) is 5.91 Å². The van der Waals surface area contributed by atoms with Gasteiger partial charge in [0.2, 0.25) is 0 Å². The molecule has 1 amide bonds. The quantitative estimate of drug-likeness (QED) is 0.763. The molecule has 0 aromatic heterocycles. The van der Waals surface area contributed by atoms with Crippen molar-refractivity contribution in [2.75, 3.05) is 11.9 Å². The summed E-state index contributed by atoms with van der Waals surface area (Å²) in [7, 11) is 0. The Morgan fingerprint density at radius 2 is 2.22 bits per heavy atom. The van der Waals surface area contributed by atoms with Crippen molar-refractivity contribution in [3.8, 4) is 0 Å². The van der Waals surface area contributed by atoms with Crippen molar-refractivity contribution in [2.45, 2.75) is 32.2 Å². The third kappa shape index (κ3) is 2.89. The van der Waals surface area contributed by atoms with Crippen molar-refractivity contribution in [1.29, 1.82) is 0 Å². The highest BCUT2D eigenvalue weighted by molar-refractivity contribution is 9.09. The first-order valence-corrected chi connectivity index (χ1v) is 7.76. The van der Waals surface area contributed by atoms with E-state index in [1.54, 1.807) is 6.07 Å². The SMILES string of the molecule is Cc1ccc(C(=O)N(CCBr)C2CCC2)cc1Cl. The van der Waals surface area contributed by atoms with Crippen molar-refractivity contribution >= 4 is 33.4 Å². The number of benzene rings is 1. The second-order valence-corrected chi connectivity index (χ2v) is 5.94. The number of halogens is 2. The van der Waals surface area contributed by atoms with Crippen LogP contribution in [0.4, 0.5) is 0 Å². The summed E-state index contributed by atoms with van der Waals surface area (Å²) in [6.45, 7) is 2.70. The zero-order valence-electron chi connectivity index (χ0n) is 10.5. The van der Waals surface area contributed by atoms with Crippen molar-refractivity contribution < 1.29 is 4.79 Å². The first kappa shape index (κ1) is 13.9. The molecule has 1 fully saturated rings. The Balaban J connectivity index is 2.18. The number of nitrogens with zero attached hydrogens (tertiary/aromatic N) is 1. The van der Waals surface area contributed by atoms with E-state index >= 15 is 0 Å². The molecule has 1 aliphatic rings. The Morgan fingerprint density at radius 1 is 1.50 bits per heavy atom. The van der Waals surface area contributed by atoms with E-state index in [1.165, 1.54) is 6.42 Å². The van der Waals surface area contributed by atoms with E-state index in [4.69, 9.17) is 11.6 Å². The van der Waals surface area contributed by atoms with Crippen molar-refractivity contribution in [1.82, 2.24) is 4.90 Å². The van der Waals surface area contributed by atoms with Gasteiger partial charge >= 0.3 is 0 Å². The molecule has 1 saturated carbocycles. The van der Waals surface area contributed by atoms with Gasteiger partial charge in [-0.2, -0.15) is 0 Å². The Hall–Kier alpha value is -0.540. The van der Waals surface area contributed by atoms with Crippen molar-refractivity contribution in [3.63, 3.8) is 0 Å². The minimum Gasteiger partial charge on any atom is -0.335 e. The highest BCUT2D eigenvalue weighted by Crippen LogP contribution is 2.27. The van der Waals surface area contributed by atoms with Crippen molar-refractivity contribution in [3.05, 3.63) is 34.3 Å². The second-order valence-electron chi connectivity index (χ2n) is 4.74. The number of rotatable bonds is 4. The van der Waals surface area contributed by atoms with Gasteiger partial charge in [0.25, 0.3) is 5.91 Å². The maximum absolute atomic E-state index is 12.5. The zero-order valence-corrected chi connectivity index (χ0v) is 12.8. The molecule has 98 valence electrons. The molecule has 0 spiro atoms. The van der Waals surface area contributed by atoms with Gasteiger partial charge in [-0.15, -0.1) is 0 Å². The van der Waals surface area contributed by atoms with Gasteiger partial charge in [-0.25, -0.2) is 0 Å². The van der Waals surface area contributed by atoms with Gasteiger partial charge < -0.3 is 4.90 Å². The third-order valence-electron chi connectivity index (χ3n) is 3.52. The molecule has 2 nitrogen and oxygen atoms in total. The summed E-state index contributed by atoms with van der Waals surface area (Å²) in [5, 5.41) is 1.47.